The standard InChI is InChI=1S/C26H24ClN3O3/c1-32-23-13-6-9-19-24(23)33-22-12-5-4-11-21(22)28-25(19)29-14-7-15-30(17-16-29)26(31)18-8-2-3-10-20(18)27/h2-6,8-13H,7,14-17H2,1H3. The maximum Gasteiger partial charge on any atom is 0.255 e. The number of fused-ring (bicyclic) bond motifs is 2. The fourth-order valence-corrected chi connectivity index (χ4v) is 4.47. The molecule has 6 nitrogen and oxygen atoms in total. The molecule has 2 aliphatic rings. The molecule has 0 aromatic heterocycles. The number of hydrogen-bond donors (Lipinski definition) is 0. The van der Waals surface area contributed by atoms with Gasteiger partial charge in [-0.25, -0.2) is 4.99 Å². The Hall–Kier alpha value is -3.51. The first kappa shape index (κ1) is 21.3. The van der Waals surface area contributed by atoms with E-state index in [9.17, 15) is 4.79 Å². The highest BCUT2D eigenvalue weighted by atomic mass is 35.5. The van der Waals surface area contributed by atoms with Crippen molar-refractivity contribution in [3.63, 3.8) is 0 Å². The zero-order chi connectivity index (χ0) is 22.8. The third-order valence-electron chi connectivity index (χ3n) is 5.93. The molecule has 1 fully saturated rings. The van der Waals surface area contributed by atoms with E-state index in [1.165, 1.54) is 0 Å². The number of halogens is 1. The van der Waals surface area contributed by atoms with Gasteiger partial charge < -0.3 is 19.3 Å². The van der Waals surface area contributed by atoms with Crippen LogP contribution < -0.4 is 9.47 Å². The molecule has 0 spiro atoms. The number of carbonyl (C=O) groups is 1. The second-order valence-electron chi connectivity index (χ2n) is 7.95. The summed E-state index contributed by atoms with van der Waals surface area (Å²) >= 11 is 6.28. The molecule has 5 rings (SSSR count). The lowest BCUT2D eigenvalue weighted by molar-refractivity contribution is 0.0764. The van der Waals surface area contributed by atoms with Crippen molar-refractivity contribution in [1.82, 2.24) is 9.80 Å². The summed E-state index contributed by atoms with van der Waals surface area (Å²) in [5.41, 5.74) is 2.17. The van der Waals surface area contributed by atoms with Crippen molar-refractivity contribution < 1.29 is 14.3 Å². The van der Waals surface area contributed by atoms with Gasteiger partial charge in [-0.1, -0.05) is 41.9 Å². The summed E-state index contributed by atoms with van der Waals surface area (Å²) in [4.78, 5) is 22.2. The van der Waals surface area contributed by atoms with Gasteiger partial charge in [-0.05, 0) is 42.8 Å². The van der Waals surface area contributed by atoms with Gasteiger partial charge in [0.05, 0.1) is 23.3 Å². The Morgan fingerprint density at radius 2 is 1.79 bits per heavy atom. The van der Waals surface area contributed by atoms with Crippen LogP contribution in [0.15, 0.2) is 71.7 Å². The van der Waals surface area contributed by atoms with Crippen molar-refractivity contribution in [3.8, 4) is 17.2 Å². The van der Waals surface area contributed by atoms with Crippen LogP contribution in [-0.2, 0) is 0 Å². The lowest BCUT2D eigenvalue weighted by atomic mass is 10.1. The van der Waals surface area contributed by atoms with Crippen LogP contribution in [0.3, 0.4) is 0 Å². The Morgan fingerprint density at radius 1 is 0.970 bits per heavy atom. The summed E-state index contributed by atoms with van der Waals surface area (Å²) in [6, 6.07) is 20.8. The third kappa shape index (κ3) is 4.14. The van der Waals surface area contributed by atoms with Crippen molar-refractivity contribution >= 4 is 29.0 Å². The van der Waals surface area contributed by atoms with E-state index in [1.807, 2.05) is 59.5 Å². The van der Waals surface area contributed by atoms with Crippen molar-refractivity contribution in [2.45, 2.75) is 6.42 Å². The molecule has 168 valence electrons. The average molecular weight is 462 g/mol. The summed E-state index contributed by atoms with van der Waals surface area (Å²) in [5.74, 6) is 2.77. The number of benzene rings is 3. The van der Waals surface area contributed by atoms with Gasteiger partial charge in [0.25, 0.3) is 5.91 Å². The Morgan fingerprint density at radius 3 is 2.64 bits per heavy atom. The Bertz CT molecular complexity index is 1230. The zero-order valence-corrected chi connectivity index (χ0v) is 19.1. The van der Waals surface area contributed by atoms with E-state index in [-0.39, 0.29) is 5.91 Å². The van der Waals surface area contributed by atoms with Crippen molar-refractivity contribution in [2.24, 2.45) is 4.99 Å². The van der Waals surface area contributed by atoms with Crippen molar-refractivity contribution in [2.75, 3.05) is 33.3 Å². The van der Waals surface area contributed by atoms with Gasteiger partial charge in [-0.2, -0.15) is 0 Å². The predicted octanol–water partition coefficient (Wildman–Crippen LogP) is 5.38. The first-order chi connectivity index (χ1) is 16.2. The summed E-state index contributed by atoms with van der Waals surface area (Å²) < 4.78 is 11.9. The first-order valence-electron chi connectivity index (χ1n) is 11.0. The lowest BCUT2D eigenvalue weighted by Crippen LogP contribution is -2.37. The first-order valence-corrected chi connectivity index (χ1v) is 11.3. The minimum Gasteiger partial charge on any atom is -0.493 e. The van der Waals surface area contributed by atoms with Crippen LogP contribution in [0.25, 0.3) is 0 Å². The molecule has 0 aliphatic carbocycles. The van der Waals surface area contributed by atoms with Gasteiger partial charge in [0.15, 0.2) is 17.2 Å². The third-order valence-corrected chi connectivity index (χ3v) is 6.26. The van der Waals surface area contributed by atoms with E-state index in [4.69, 9.17) is 26.1 Å². The SMILES string of the molecule is COc1cccc2c1Oc1ccccc1N=C2N1CCCN(C(=O)c2ccccc2Cl)CC1. The van der Waals surface area contributed by atoms with E-state index >= 15 is 0 Å². The molecular weight excluding hydrogens is 438 g/mol. The molecule has 1 amide bonds. The maximum absolute atomic E-state index is 13.1. The van der Waals surface area contributed by atoms with Gasteiger partial charge in [-0.3, -0.25) is 4.79 Å². The molecule has 0 radical (unpaired) electrons. The van der Waals surface area contributed by atoms with E-state index in [0.29, 0.717) is 47.5 Å². The van der Waals surface area contributed by atoms with Crippen LogP contribution in [-0.4, -0.2) is 54.8 Å². The van der Waals surface area contributed by atoms with Crippen LogP contribution in [0, 0.1) is 0 Å². The van der Waals surface area contributed by atoms with E-state index in [1.54, 1.807) is 19.2 Å². The average Bonchev–Trinajstić information content (AvgIpc) is 3.18. The Kier molecular flexibility index (Phi) is 5.92. The molecule has 2 heterocycles. The molecule has 2 aliphatic heterocycles. The maximum atomic E-state index is 13.1. The number of ether oxygens (including phenoxy) is 2. The fourth-order valence-electron chi connectivity index (χ4n) is 4.26. The van der Waals surface area contributed by atoms with E-state index < -0.39 is 0 Å². The van der Waals surface area contributed by atoms with E-state index in [0.717, 1.165) is 30.1 Å². The van der Waals surface area contributed by atoms with Gasteiger partial charge in [0.1, 0.15) is 11.5 Å². The number of rotatable bonds is 2. The highest BCUT2D eigenvalue weighted by Gasteiger charge is 2.28. The number of methoxy groups -OCH3 is 1. The van der Waals surface area contributed by atoms with Gasteiger partial charge >= 0.3 is 0 Å². The van der Waals surface area contributed by atoms with Crippen LogP contribution in [0.5, 0.6) is 17.2 Å². The summed E-state index contributed by atoms with van der Waals surface area (Å²) in [6.45, 7) is 2.65. The quantitative estimate of drug-likeness (QED) is 0.514. The zero-order valence-electron chi connectivity index (χ0n) is 18.3. The largest absolute Gasteiger partial charge is 0.493 e. The molecule has 3 aromatic carbocycles. The number of amides is 1. The van der Waals surface area contributed by atoms with Gasteiger partial charge in [0.2, 0.25) is 0 Å². The van der Waals surface area contributed by atoms with Crippen molar-refractivity contribution in [1.29, 1.82) is 0 Å². The molecular formula is C26H24ClN3O3. The van der Waals surface area contributed by atoms with Crippen LogP contribution in [0.2, 0.25) is 5.02 Å². The number of amidine groups is 1. The highest BCUT2D eigenvalue weighted by molar-refractivity contribution is 6.33. The summed E-state index contributed by atoms with van der Waals surface area (Å²) in [7, 11) is 1.64. The number of carbonyl (C=O) groups excluding carboxylic acids is 1. The Balaban J connectivity index is 1.47. The molecule has 0 atom stereocenters. The fraction of sp³-hybridized carbons (Fsp3) is 0.231. The normalized spacial score (nSPS) is 15.4. The van der Waals surface area contributed by atoms with Crippen LogP contribution >= 0.6 is 11.6 Å². The van der Waals surface area contributed by atoms with Gasteiger partial charge in [-0.15, -0.1) is 0 Å². The molecule has 0 N–H and O–H groups in total. The summed E-state index contributed by atoms with van der Waals surface area (Å²) in [5, 5.41) is 0.478. The molecule has 0 bridgehead atoms. The number of para-hydroxylation sites is 3. The smallest absolute Gasteiger partial charge is 0.255 e. The van der Waals surface area contributed by atoms with Crippen LogP contribution in [0.4, 0.5) is 5.69 Å². The molecule has 33 heavy (non-hydrogen) atoms. The molecule has 3 aromatic rings. The molecule has 0 unspecified atom stereocenters. The topological polar surface area (TPSA) is 54.4 Å². The second-order valence-corrected chi connectivity index (χ2v) is 8.36. The second kappa shape index (κ2) is 9.16. The van der Waals surface area contributed by atoms with E-state index in [2.05, 4.69) is 4.90 Å². The monoisotopic (exact) mass is 461 g/mol. The number of hydrogen-bond acceptors (Lipinski definition) is 5. The minimum absolute atomic E-state index is 0.0407. The minimum atomic E-state index is -0.0407. The van der Waals surface area contributed by atoms with Gasteiger partial charge in [0, 0.05) is 26.2 Å². The molecule has 0 saturated carbocycles. The molecule has 7 heteroatoms. The summed E-state index contributed by atoms with van der Waals surface area (Å²) in [6.07, 6.45) is 0.816. The van der Waals surface area contributed by atoms with Crippen LogP contribution in [0.1, 0.15) is 22.3 Å². The lowest BCUT2D eigenvalue weighted by Gasteiger charge is -2.25. The predicted molar refractivity (Wildman–Crippen MR) is 129 cm³/mol. The Labute approximate surface area is 198 Å². The number of aliphatic imine (C=N–C) groups is 1. The van der Waals surface area contributed by atoms with Crippen molar-refractivity contribution in [3.05, 3.63) is 82.9 Å². The number of nitrogens with zero attached hydrogens (tertiary/aromatic N) is 3. The highest BCUT2D eigenvalue weighted by Crippen LogP contribution is 2.42. The molecule has 1 saturated heterocycles.